The van der Waals surface area contributed by atoms with E-state index in [9.17, 15) is 19.7 Å². The number of carbonyl (C=O) groups excluding carboxylic acids is 2. The molecule has 1 fully saturated rings. The second kappa shape index (κ2) is 8.01. The van der Waals surface area contributed by atoms with E-state index >= 15 is 0 Å². The van der Waals surface area contributed by atoms with Gasteiger partial charge in [-0.15, -0.1) is 0 Å². The molecule has 0 radical (unpaired) electrons. The first-order valence-corrected chi connectivity index (χ1v) is 8.98. The van der Waals surface area contributed by atoms with Crippen LogP contribution in [0.3, 0.4) is 0 Å². The second-order valence-electron chi connectivity index (χ2n) is 5.98. The Morgan fingerprint density at radius 1 is 1.07 bits per heavy atom. The molecule has 0 aliphatic carbocycles. The molecule has 0 N–H and O–H groups in total. The molecule has 1 heterocycles. The number of thioether (sulfide) groups is 1. The molecule has 7 heteroatoms. The van der Waals surface area contributed by atoms with Crippen LogP contribution in [0.15, 0.2) is 65.6 Å². The summed E-state index contributed by atoms with van der Waals surface area (Å²) in [5.74, 6) is -0.320. The quantitative estimate of drug-likeness (QED) is 0.427. The molecule has 2 amide bonds. The lowest BCUT2D eigenvalue weighted by atomic mass is 10.1. The fourth-order valence-electron chi connectivity index (χ4n) is 2.48. The van der Waals surface area contributed by atoms with Gasteiger partial charge >= 0.3 is 0 Å². The van der Waals surface area contributed by atoms with Crippen LogP contribution in [-0.2, 0) is 11.3 Å². The number of amides is 2. The molecule has 1 saturated heterocycles. The highest BCUT2D eigenvalue weighted by Crippen LogP contribution is 2.31. The van der Waals surface area contributed by atoms with E-state index in [1.54, 1.807) is 30.4 Å². The zero-order valence-corrected chi connectivity index (χ0v) is 15.3. The third-order valence-corrected chi connectivity index (χ3v) is 4.90. The zero-order chi connectivity index (χ0) is 19.4. The van der Waals surface area contributed by atoms with E-state index in [4.69, 9.17) is 0 Å². The number of hydrogen-bond donors (Lipinski definition) is 0. The smallest absolute Gasteiger partial charge is 0.268 e. The van der Waals surface area contributed by atoms with Crippen molar-refractivity contribution in [3.63, 3.8) is 0 Å². The lowest BCUT2D eigenvalue weighted by molar-refractivity contribution is -0.384. The number of carbonyl (C=O) groups is 2. The van der Waals surface area contributed by atoms with Gasteiger partial charge in [-0.25, -0.2) is 0 Å². The molecule has 1 aliphatic heterocycles. The van der Waals surface area contributed by atoms with Gasteiger partial charge in [0, 0.05) is 12.1 Å². The van der Waals surface area contributed by atoms with Crippen LogP contribution in [0.4, 0.5) is 10.5 Å². The van der Waals surface area contributed by atoms with Crippen molar-refractivity contribution in [2.24, 2.45) is 0 Å². The fourth-order valence-corrected chi connectivity index (χ4v) is 3.27. The van der Waals surface area contributed by atoms with E-state index in [2.05, 4.69) is 0 Å². The van der Waals surface area contributed by atoms with Crippen molar-refractivity contribution in [3.05, 3.63) is 92.4 Å². The summed E-state index contributed by atoms with van der Waals surface area (Å²) in [6.07, 6.45) is 4.96. The van der Waals surface area contributed by atoms with Crippen molar-refractivity contribution in [2.45, 2.75) is 13.5 Å². The first kappa shape index (κ1) is 18.6. The lowest BCUT2D eigenvalue weighted by Crippen LogP contribution is -2.27. The molecule has 0 unspecified atom stereocenters. The Hall–Kier alpha value is -3.19. The van der Waals surface area contributed by atoms with Gasteiger partial charge in [0.1, 0.15) is 0 Å². The third-order valence-electron chi connectivity index (χ3n) is 3.98. The molecule has 1 aliphatic rings. The van der Waals surface area contributed by atoms with Gasteiger partial charge in [-0.05, 0) is 48.0 Å². The van der Waals surface area contributed by atoms with E-state index in [1.807, 2.05) is 31.2 Å². The van der Waals surface area contributed by atoms with Crippen LogP contribution in [0.25, 0.3) is 6.08 Å². The monoisotopic (exact) mass is 380 g/mol. The Morgan fingerprint density at radius 2 is 1.74 bits per heavy atom. The maximum absolute atomic E-state index is 12.5. The number of benzene rings is 2. The maximum Gasteiger partial charge on any atom is 0.293 e. The average molecular weight is 380 g/mol. The molecule has 2 aromatic carbocycles. The van der Waals surface area contributed by atoms with Gasteiger partial charge in [0.25, 0.3) is 16.8 Å². The van der Waals surface area contributed by atoms with Gasteiger partial charge < -0.3 is 0 Å². The van der Waals surface area contributed by atoms with Crippen LogP contribution in [0, 0.1) is 17.0 Å². The third kappa shape index (κ3) is 4.51. The normalized spacial score (nSPS) is 15.9. The lowest BCUT2D eigenvalue weighted by Gasteiger charge is -2.12. The Kier molecular flexibility index (Phi) is 5.52. The van der Waals surface area contributed by atoms with E-state index in [1.165, 1.54) is 17.0 Å². The number of allylic oxidation sites excluding steroid dienone is 2. The number of rotatable bonds is 5. The predicted octanol–water partition coefficient (Wildman–Crippen LogP) is 4.70. The van der Waals surface area contributed by atoms with Crippen molar-refractivity contribution < 1.29 is 14.5 Å². The Morgan fingerprint density at radius 3 is 2.37 bits per heavy atom. The molecular weight excluding hydrogens is 364 g/mol. The SMILES string of the molecule is Cc1ccc(CN2C(=O)S/C(=C\C=C\c3ccc([N+](=O)[O-])cc3)C2=O)cc1. The highest BCUT2D eigenvalue weighted by molar-refractivity contribution is 8.18. The van der Waals surface area contributed by atoms with Crippen molar-refractivity contribution in [1.29, 1.82) is 0 Å². The topological polar surface area (TPSA) is 80.5 Å². The number of aryl methyl sites for hydroxylation is 1. The van der Waals surface area contributed by atoms with Crippen LogP contribution in [0.5, 0.6) is 0 Å². The van der Waals surface area contributed by atoms with Crippen molar-refractivity contribution in [3.8, 4) is 0 Å². The minimum atomic E-state index is -0.461. The first-order valence-electron chi connectivity index (χ1n) is 8.16. The fraction of sp³-hybridized carbons (Fsp3) is 0.100. The van der Waals surface area contributed by atoms with E-state index in [0.29, 0.717) is 4.91 Å². The van der Waals surface area contributed by atoms with Gasteiger partial charge in [-0.2, -0.15) is 0 Å². The highest BCUT2D eigenvalue weighted by atomic mass is 32.2. The minimum absolute atomic E-state index is 0.0179. The van der Waals surface area contributed by atoms with Crippen LogP contribution in [0.1, 0.15) is 16.7 Å². The van der Waals surface area contributed by atoms with Crippen LogP contribution < -0.4 is 0 Å². The van der Waals surface area contributed by atoms with Crippen LogP contribution >= 0.6 is 11.8 Å². The Balaban J connectivity index is 1.68. The van der Waals surface area contributed by atoms with Crippen molar-refractivity contribution >= 4 is 34.7 Å². The van der Waals surface area contributed by atoms with E-state index in [0.717, 1.165) is 28.5 Å². The van der Waals surface area contributed by atoms with Gasteiger partial charge in [-0.3, -0.25) is 24.6 Å². The number of hydrogen-bond acceptors (Lipinski definition) is 5. The Labute approximate surface area is 160 Å². The molecule has 0 saturated carbocycles. The molecule has 0 atom stereocenters. The summed E-state index contributed by atoms with van der Waals surface area (Å²) in [6.45, 7) is 2.22. The number of imide groups is 1. The predicted molar refractivity (Wildman–Crippen MR) is 105 cm³/mol. The van der Waals surface area contributed by atoms with Gasteiger partial charge in [0.05, 0.1) is 16.4 Å². The van der Waals surface area contributed by atoms with Crippen molar-refractivity contribution in [2.75, 3.05) is 0 Å². The van der Waals surface area contributed by atoms with Gasteiger partial charge in [-0.1, -0.05) is 42.0 Å². The second-order valence-corrected chi connectivity index (χ2v) is 6.98. The largest absolute Gasteiger partial charge is 0.293 e. The number of nitro groups is 1. The summed E-state index contributed by atoms with van der Waals surface area (Å²) in [5.41, 5.74) is 2.79. The summed E-state index contributed by atoms with van der Waals surface area (Å²) in [4.78, 5) is 36.4. The molecular formula is C20H16N2O4S. The number of nitrogens with zero attached hydrogens (tertiary/aromatic N) is 2. The molecule has 0 spiro atoms. The van der Waals surface area contributed by atoms with E-state index in [-0.39, 0.29) is 23.4 Å². The molecule has 0 bridgehead atoms. The van der Waals surface area contributed by atoms with Crippen molar-refractivity contribution in [1.82, 2.24) is 4.90 Å². The number of nitro benzene ring substituents is 1. The van der Waals surface area contributed by atoms with Gasteiger partial charge in [0.15, 0.2) is 0 Å². The summed E-state index contributed by atoms with van der Waals surface area (Å²) in [6, 6.07) is 13.7. The van der Waals surface area contributed by atoms with E-state index < -0.39 is 4.92 Å². The molecule has 2 aromatic rings. The molecule has 27 heavy (non-hydrogen) atoms. The number of non-ortho nitro benzene ring substituents is 1. The van der Waals surface area contributed by atoms with Crippen LogP contribution in [-0.4, -0.2) is 21.0 Å². The molecule has 6 nitrogen and oxygen atoms in total. The zero-order valence-electron chi connectivity index (χ0n) is 14.5. The summed E-state index contributed by atoms with van der Waals surface area (Å²) >= 11 is 0.904. The molecule has 0 aromatic heterocycles. The standard InChI is InChI=1S/C20H16N2O4S/c1-14-5-7-16(8-6-14)13-21-19(23)18(27-20(21)24)4-2-3-15-9-11-17(12-10-15)22(25)26/h2-12H,13H2,1H3/b3-2+,18-4-. The summed E-state index contributed by atoms with van der Waals surface area (Å²) in [5, 5.41) is 10.4. The molecule has 3 rings (SSSR count). The summed E-state index contributed by atoms with van der Waals surface area (Å²) < 4.78 is 0. The Bertz CT molecular complexity index is 947. The van der Waals surface area contributed by atoms with Crippen LogP contribution in [0.2, 0.25) is 0 Å². The van der Waals surface area contributed by atoms with Gasteiger partial charge in [0.2, 0.25) is 0 Å². The highest BCUT2D eigenvalue weighted by Gasteiger charge is 2.34. The minimum Gasteiger partial charge on any atom is -0.268 e. The first-order chi connectivity index (χ1) is 12.9. The summed E-state index contributed by atoms with van der Waals surface area (Å²) in [7, 11) is 0. The molecule has 136 valence electrons. The average Bonchev–Trinajstić information content (AvgIpc) is 2.91. The maximum atomic E-state index is 12.5.